The molecule has 0 radical (unpaired) electrons. The first-order valence-electron chi connectivity index (χ1n) is 10.9. The van der Waals surface area contributed by atoms with Crippen LogP contribution in [0.15, 0.2) is 12.1 Å². The maximum absolute atomic E-state index is 12.6. The topological polar surface area (TPSA) is 137 Å². The molecule has 4 N–H and O–H groups in total. The van der Waals surface area contributed by atoms with Crippen LogP contribution in [0.4, 0.5) is 0 Å². The number of ether oxygens (including phenoxy) is 2. The van der Waals surface area contributed by atoms with Crippen molar-refractivity contribution in [3.8, 4) is 11.5 Å². The summed E-state index contributed by atoms with van der Waals surface area (Å²) in [5, 5.41) is 38.7. The van der Waals surface area contributed by atoms with Gasteiger partial charge in [0.05, 0.1) is 40.2 Å². The third kappa shape index (κ3) is 4.70. The SMILES string of the molecule is C[N+]1(C)CCO[C@@H](CC(=O)N2CC(Oc3ccc([C@@H]4C[C@@H]4B(O)O)c(O)c3C(=O)O)C2)C1. The summed E-state index contributed by atoms with van der Waals surface area (Å²) in [5.41, 5.74) is 0.0213. The average Bonchev–Trinajstić information content (AvgIpc) is 3.43. The zero-order chi connectivity index (χ0) is 23.2. The fraction of sp³-hybridized carbons (Fsp3) is 0.619. The minimum Gasteiger partial charge on any atom is -0.507 e. The molecule has 2 heterocycles. The minimum atomic E-state index is -1.51. The number of benzene rings is 1. The lowest BCUT2D eigenvalue weighted by molar-refractivity contribution is -0.901. The van der Waals surface area contributed by atoms with Gasteiger partial charge in [-0.2, -0.15) is 0 Å². The second-order valence-electron chi connectivity index (χ2n) is 9.68. The summed E-state index contributed by atoms with van der Waals surface area (Å²) in [4.78, 5) is 26.0. The number of carbonyl (C=O) groups excluding carboxylic acids is 1. The number of hydrogen-bond donors (Lipinski definition) is 4. The number of hydrogen-bond acceptors (Lipinski definition) is 7. The van der Waals surface area contributed by atoms with Gasteiger partial charge in [-0.3, -0.25) is 4.79 Å². The van der Waals surface area contributed by atoms with Gasteiger partial charge < -0.3 is 39.1 Å². The highest BCUT2D eigenvalue weighted by Crippen LogP contribution is 2.56. The van der Waals surface area contributed by atoms with Gasteiger partial charge in [-0.05, 0) is 24.0 Å². The highest BCUT2D eigenvalue weighted by atomic mass is 16.5. The molecule has 174 valence electrons. The largest absolute Gasteiger partial charge is 0.507 e. The molecule has 2 aliphatic heterocycles. The van der Waals surface area contributed by atoms with Gasteiger partial charge in [-0.25, -0.2) is 4.79 Å². The molecule has 2 saturated heterocycles. The van der Waals surface area contributed by atoms with Gasteiger partial charge in [0.25, 0.3) is 0 Å². The number of likely N-dealkylation sites (tertiary alicyclic amines) is 1. The summed E-state index contributed by atoms with van der Waals surface area (Å²) < 4.78 is 12.3. The number of carboxylic acid groups (broad SMARTS) is 1. The number of amides is 1. The van der Waals surface area contributed by atoms with Gasteiger partial charge in [-0.1, -0.05) is 6.07 Å². The van der Waals surface area contributed by atoms with Crippen molar-refractivity contribution in [1.82, 2.24) is 4.90 Å². The fourth-order valence-corrected chi connectivity index (χ4v) is 4.60. The van der Waals surface area contributed by atoms with E-state index in [-0.39, 0.29) is 35.3 Å². The number of nitrogens with zero attached hydrogens (tertiary/aromatic N) is 2. The van der Waals surface area contributed by atoms with E-state index in [1.807, 2.05) is 0 Å². The zero-order valence-corrected chi connectivity index (χ0v) is 18.3. The Bertz CT molecular complexity index is 902. The molecule has 0 aromatic heterocycles. The van der Waals surface area contributed by atoms with Gasteiger partial charge in [0.2, 0.25) is 5.91 Å². The predicted octanol–water partition coefficient (Wildman–Crippen LogP) is -0.124. The lowest BCUT2D eigenvalue weighted by atomic mass is 9.81. The monoisotopic (exact) mass is 449 g/mol. The van der Waals surface area contributed by atoms with E-state index in [2.05, 4.69) is 14.1 Å². The quantitative estimate of drug-likeness (QED) is 0.334. The van der Waals surface area contributed by atoms with Gasteiger partial charge in [0, 0.05) is 5.82 Å². The first kappa shape index (κ1) is 22.8. The smallest absolute Gasteiger partial charge is 0.455 e. The third-order valence-electron chi connectivity index (χ3n) is 6.65. The first-order chi connectivity index (χ1) is 15.1. The van der Waals surface area contributed by atoms with E-state index in [9.17, 15) is 29.9 Å². The second-order valence-corrected chi connectivity index (χ2v) is 9.68. The summed E-state index contributed by atoms with van der Waals surface area (Å²) in [7, 11) is 2.72. The zero-order valence-electron chi connectivity index (χ0n) is 18.3. The van der Waals surface area contributed by atoms with E-state index in [0.717, 1.165) is 17.6 Å². The van der Waals surface area contributed by atoms with E-state index in [4.69, 9.17) is 9.47 Å². The molecule has 3 fully saturated rings. The molecule has 0 unspecified atom stereocenters. The molecule has 1 saturated carbocycles. The van der Waals surface area contributed by atoms with Crippen LogP contribution in [0.3, 0.4) is 0 Å². The molecule has 3 atom stereocenters. The van der Waals surface area contributed by atoms with Crippen molar-refractivity contribution in [2.45, 2.75) is 36.8 Å². The minimum absolute atomic E-state index is 0.0178. The molecule has 4 rings (SSSR count). The van der Waals surface area contributed by atoms with E-state index in [1.54, 1.807) is 11.0 Å². The van der Waals surface area contributed by atoms with Crippen LogP contribution in [0, 0.1) is 0 Å². The van der Waals surface area contributed by atoms with Crippen molar-refractivity contribution in [2.75, 3.05) is 46.9 Å². The lowest BCUT2D eigenvalue weighted by Crippen LogP contribution is -2.58. The molecule has 32 heavy (non-hydrogen) atoms. The van der Waals surface area contributed by atoms with Crippen molar-refractivity contribution in [3.63, 3.8) is 0 Å². The molecular weight excluding hydrogens is 419 g/mol. The van der Waals surface area contributed by atoms with Crippen LogP contribution < -0.4 is 4.74 Å². The van der Waals surface area contributed by atoms with Crippen molar-refractivity contribution in [3.05, 3.63) is 23.3 Å². The summed E-state index contributed by atoms with van der Waals surface area (Å²) in [6.45, 7) is 3.01. The summed E-state index contributed by atoms with van der Waals surface area (Å²) in [6, 6.07) is 3.05. The number of likely N-dealkylation sites (N-methyl/N-ethyl adjacent to an activating group) is 1. The van der Waals surface area contributed by atoms with Crippen LogP contribution in [0.1, 0.15) is 34.7 Å². The Morgan fingerprint density at radius 1 is 1.28 bits per heavy atom. The van der Waals surface area contributed by atoms with Crippen LogP contribution >= 0.6 is 0 Å². The summed E-state index contributed by atoms with van der Waals surface area (Å²) in [6.07, 6.45) is 0.293. The number of morpholine rings is 1. The van der Waals surface area contributed by atoms with Crippen molar-refractivity contribution in [2.24, 2.45) is 0 Å². The van der Waals surface area contributed by atoms with Crippen molar-refractivity contribution < 1.29 is 43.8 Å². The summed E-state index contributed by atoms with van der Waals surface area (Å²) >= 11 is 0. The maximum Gasteiger partial charge on any atom is 0.455 e. The van der Waals surface area contributed by atoms with Crippen LogP contribution in [0.5, 0.6) is 11.5 Å². The standard InChI is InChI=1S/C21H29BN2O8/c1-24(2)5-6-31-12(11-24)7-18(25)23-9-13(10-23)32-17-4-3-14(15-8-16(15)22(29)30)20(26)19(17)21(27)28/h3-4,12-13,15-16,29-30H,5-11H2,1-2H3,(H-,26,27,28)/p+1/t12-,15-,16-/m0/s1. The Morgan fingerprint density at radius 3 is 2.59 bits per heavy atom. The molecule has 1 aromatic rings. The van der Waals surface area contributed by atoms with Crippen LogP contribution in [-0.4, -0.2) is 108 Å². The Labute approximate surface area is 186 Å². The van der Waals surface area contributed by atoms with E-state index < -0.39 is 24.7 Å². The summed E-state index contributed by atoms with van der Waals surface area (Å²) in [5.74, 6) is -2.44. The Kier molecular flexibility index (Phi) is 6.10. The van der Waals surface area contributed by atoms with Crippen LogP contribution in [-0.2, 0) is 9.53 Å². The number of aromatic carboxylic acids is 1. The molecule has 1 aromatic carbocycles. The molecule has 0 bridgehead atoms. The van der Waals surface area contributed by atoms with Gasteiger partial charge in [-0.15, -0.1) is 0 Å². The fourth-order valence-electron chi connectivity index (χ4n) is 4.60. The van der Waals surface area contributed by atoms with E-state index in [1.165, 1.54) is 6.07 Å². The second kappa shape index (κ2) is 8.55. The molecule has 0 spiro atoms. The Balaban J connectivity index is 1.35. The highest BCUT2D eigenvalue weighted by molar-refractivity contribution is 6.44. The average molecular weight is 449 g/mol. The number of quaternary nitrogens is 1. The van der Waals surface area contributed by atoms with E-state index >= 15 is 0 Å². The van der Waals surface area contributed by atoms with Gasteiger partial charge in [0.15, 0.2) is 0 Å². The number of carbonyl (C=O) groups is 2. The molecule has 1 amide bonds. The van der Waals surface area contributed by atoms with Crippen molar-refractivity contribution in [1.29, 1.82) is 0 Å². The predicted molar refractivity (Wildman–Crippen MR) is 114 cm³/mol. The number of rotatable bonds is 7. The number of aromatic hydroxyl groups is 1. The normalized spacial score (nSPS) is 26.9. The van der Waals surface area contributed by atoms with Gasteiger partial charge >= 0.3 is 13.1 Å². The lowest BCUT2D eigenvalue weighted by Gasteiger charge is -2.41. The number of carboxylic acids is 1. The molecule has 1 aliphatic carbocycles. The number of phenols is 1. The maximum atomic E-state index is 12.6. The van der Waals surface area contributed by atoms with Crippen molar-refractivity contribution >= 4 is 19.0 Å². The van der Waals surface area contributed by atoms with Gasteiger partial charge in [0.1, 0.15) is 42.4 Å². The molecule has 10 nitrogen and oxygen atoms in total. The van der Waals surface area contributed by atoms with Crippen LogP contribution in [0.2, 0.25) is 5.82 Å². The Hall–Kier alpha value is -2.34. The molecular formula is C21H30BN2O8+. The van der Waals surface area contributed by atoms with E-state index in [0.29, 0.717) is 38.1 Å². The molecule has 3 aliphatic rings. The van der Waals surface area contributed by atoms with Crippen LogP contribution in [0.25, 0.3) is 0 Å². The molecule has 11 heteroatoms. The third-order valence-corrected chi connectivity index (χ3v) is 6.65. The Morgan fingerprint density at radius 2 is 2.00 bits per heavy atom. The highest BCUT2D eigenvalue weighted by Gasteiger charge is 2.48. The first-order valence-corrected chi connectivity index (χ1v) is 10.9.